The summed E-state index contributed by atoms with van der Waals surface area (Å²) in [5.41, 5.74) is 7.34. The summed E-state index contributed by atoms with van der Waals surface area (Å²) in [4.78, 5) is 0.189. The molecule has 0 aliphatic rings. The molecule has 0 aliphatic heterocycles. The minimum atomic E-state index is -3.63. The van der Waals surface area contributed by atoms with E-state index in [1.807, 2.05) is 6.92 Å². The fraction of sp³-hybridized carbons (Fsp3) is 0.385. The maximum atomic E-state index is 12.4. The molecule has 0 amide bonds. The first-order valence-electron chi connectivity index (χ1n) is 5.99. The molecule has 19 heavy (non-hydrogen) atoms. The predicted octanol–water partition coefficient (Wildman–Crippen LogP) is 0.623. The SMILES string of the molecule is C=CCN(CCO)S(=O)(=O)c1ccc(C)c(CN)c1. The smallest absolute Gasteiger partial charge is 0.243 e. The number of aliphatic hydroxyl groups excluding tert-OH is 1. The van der Waals surface area contributed by atoms with Crippen LogP contribution in [0.2, 0.25) is 0 Å². The van der Waals surface area contributed by atoms with Crippen LogP contribution in [0.3, 0.4) is 0 Å². The third-order valence-electron chi connectivity index (χ3n) is 2.86. The number of aliphatic hydroxyl groups is 1. The van der Waals surface area contributed by atoms with Gasteiger partial charge in [-0.3, -0.25) is 0 Å². The van der Waals surface area contributed by atoms with Crippen LogP contribution < -0.4 is 5.73 Å². The third kappa shape index (κ3) is 3.63. The summed E-state index contributed by atoms with van der Waals surface area (Å²) in [7, 11) is -3.63. The second-order valence-corrected chi connectivity index (χ2v) is 6.11. The van der Waals surface area contributed by atoms with Gasteiger partial charge < -0.3 is 10.8 Å². The summed E-state index contributed by atoms with van der Waals surface area (Å²) in [6.45, 7) is 5.67. The fourth-order valence-corrected chi connectivity index (χ4v) is 3.20. The maximum Gasteiger partial charge on any atom is 0.243 e. The normalized spacial score (nSPS) is 11.8. The molecule has 0 atom stereocenters. The number of rotatable bonds is 7. The van der Waals surface area contributed by atoms with Gasteiger partial charge in [0, 0.05) is 19.6 Å². The van der Waals surface area contributed by atoms with Crippen LogP contribution in [0.5, 0.6) is 0 Å². The highest BCUT2D eigenvalue weighted by Crippen LogP contribution is 2.19. The van der Waals surface area contributed by atoms with Gasteiger partial charge in [0.15, 0.2) is 0 Å². The molecule has 0 saturated carbocycles. The van der Waals surface area contributed by atoms with Crippen molar-refractivity contribution in [3.8, 4) is 0 Å². The molecule has 0 radical (unpaired) electrons. The van der Waals surface area contributed by atoms with Gasteiger partial charge in [-0.05, 0) is 30.2 Å². The largest absolute Gasteiger partial charge is 0.395 e. The van der Waals surface area contributed by atoms with E-state index in [2.05, 4.69) is 6.58 Å². The Bertz CT molecular complexity index is 541. The van der Waals surface area contributed by atoms with E-state index in [4.69, 9.17) is 10.8 Å². The lowest BCUT2D eigenvalue weighted by Gasteiger charge is -2.20. The Balaban J connectivity index is 3.20. The molecule has 0 saturated heterocycles. The Morgan fingerprint density at radius 1 is 1.47 bits per heavy atom. The van der Waals surface area contributed by atoms with Crippen LogP contribution >= 0.6 is 0 Å². The molecule has 0 bridgehead atoms. The molecule has 1 aromatic carbocycles. The number of benzene rings is 1. The van der Waals surface area contributed by atoms with Crippen molar-refractivity contribution in [3.63, 3.8) is 0 Å². The summed E-state index contributed by atoms with van der Waals surface area (Å²) >= 11 is 0. The highest BCUT2D eigenvalue weighted by molar-refractivity contribution is 7.89. The Labute approximate surface area is 114 Å². The Hall–Kier alpha value is -1.21. The second-order valence-electron chi connectivity index (χ2n) is 4.17. The Morgan fingerprint density at radius 2 is 2.16 bits per heavy atom. The number of sulfonamides is 1. The third-order valence-corrected chi connectivity index (χ3v) is 4.72. The van der Waals surface area contributed by atoms with Gasteiger partial charge in [0.05, 0.1) is 11.5 Å². The lowest BCUT2D eigenvalue weighted by Crippen LogP contribution is -2.33. The van der Waals surface area contributed by atoms with Crippen molar-refractivity contribution in [2.24, 2.45) is 5.73 Å². The quantitative estimate of drug-likeness (QED) is 0.719. The summed E-state index contributed by atoms with van der Waals surface area (Å²) in [6, 6.07) is 4.87. The number of hydrogen-bond donors (Lipinski definition) is 2. The first-order chi connectivity index (χ1) is 8.97. The summed E-state index contributed by atoms with van der Waals surface area (Å²) in [5.74, 6) is 0. The van der Waals surface area contributed by atoms with E-state index in [1.54, 1.807) is 18.2 Å². The van der Waals surface area contributed by atoms with Crippen LogP contribution in [0.4, 0.5) is 0 Å². The number of nitrogens with two attached hydrogens (primary N) is 1. The zero-order valence-corrected chi connectivity index (χ0v) is 11.9. The van der Waals surface area contributed by atoms with Crippen molar-refractivity contribution >= 4 is 10.0 Å². The van der Waals surface area contributed by atoms with Gasteiger partial charge in [-0.15, -0.1) is 6.58 Å². The zero-order valence-electron chi connectivity index (χ0n) is 11.0. The summed E-state index contributed by atoms with van der Waals surface area (Å²) in [6.07, 6.45) is 1.49. The van der Waals surface area contributed by atoms with E-state index in [9.17, 15) is 8.42 Å². The summed E-state index contributed by atoms with van der Waals surface area (Å²) in [5, 5.41) is 8.96. The average molecular weight is 284 g/mol. The lowest BCUT2D eigenvalue weighted by molar-refractivity contribution is 0.260. The number of hydrogen-bond acceptors (Lipinski definition) is 4. The van der Waals surface area contributed by atoms with Crippen molar-refractivity contribution in [2.75, 3.05) is 19.7 Å². The molecule has 0 heterocycles. The monoisotopic (exact) mass is 284 g/mol. The van der Waals surface area contributed by atoms with Crippen molar-refractivity contribution in [1.29, 1.82) is 0 Å². The van der Waals surface area contributed by atoms with Crippen molar-refractivity contribution in [1.82, 2.24) is 4.31 Å². The molecule has 0 aliphatic carbocycles. The molecule has 6 heteroatoms. The molecule has 3 N–H and O–H groups in total. The van der Waals surface area contributed by atoms with Gasteiger partial charge in [-0.25, -0.2) is 8.42 Å². The zero-order chi connectivity index (χ0) is 14.5. The summed E-state index contributed by atoms with van der Waals surface area (Å²) < 4.78 is 26.0. The van der Waals surface area contributed by atoms with Crippen molar-refractivity contribution in [2.45, 2.75) is 18.4 Å². The van der Waals surface area contributed by atoms with E-state index in [0.29, 0.717) is 0 Å². The first-order valence-corrected chi connectivity index (χ1v) is 7.43. The molecule has 0 unspecified atom stereocenters. The molecule has 5 nitrogen and oxygen atoms in total. The highest BCUT2D eigenvalue weighted by Gasteiger charge is 2.23. The predicted molar refractivity (Wildman–Crippen MR) is 75.1 cm³/mol. The molecular weight excluding hydrogens is 264 g/mol. The van der Waals surface area contributed by atoms with E-state index in [1.165, 1.54) is 10.4 Å². The molecule has 106 valence electrons. The minimum absolute atomic E-state index is 0.0419. The van der Waals surface area contributed by atoms with E-state index in [-0.39, 0.29) is 31.1 Å². The first kappa shape index (κ1) is 15.8. The van der Waals surface area contributed by atoms with Gasteiger partial charge in [-0.1, -0.05) is 12.1 Å². The van der Waals surface area contributed by atoms with Gasteiger partial charge in [0.2, 0.25) is 10.0 Å². The standard InChI is InChI=1S/C13H20N2O3S/c1-3-6-15(7-8-16)19(17,18)13-5-4-11(2)12(9-13)10-14/h3-5,9,16H,1,6-8,10,14H2,2H3. The molecule has 0 aromatic heterocycles. The van der Waals surface area contributed by atoms with Crippen LogP contribution in [-0.4, -0.2) is 37.5 Å². The molecular formula is C13H20N2O3S. The van der Waals surface area contributed by atoms with Gasteiger partial charge >= 0.3 is 0 Å². The van der Waals surface area contributed by atoms with Crippen LogP contribution in [-0.2, 0) is 16.6 Å². The highest BCUT2D eigenvalue weighted by atomic mass is 32.2. The van der Waals surface area contributed by atoms with Gasteiger partial charge in [0.1, 0.15) is 0 Å². The van der Waals surface area contributed by atoms with Gasteiger partial charge in [0.25, 0.3) is 0 Å². The number of aryl methyl sites for hydroxylation is 1. The van der Waals surface area contributed by atoms with Crippen molar-refractivity contribution in [3.05, 3.63) is 42.0 Å². The van der Waals surface area contributed by atoms with Crippen LogP contribution in [0.1, 0.15) is 11.1 Å². The lowest BCUT2D eigenvalue weighted by atomic mass is 10.1. The van der Waals surface area contributed by atoms with Crippen LogP contribution in [0.15, 0.2) is 35.7 Å². The minimum Gasteiger partial charge on any atom is -0.395 e. The van der Waals surface area contributed by atoms with Gasteiger partial charge in [-0.2, -0.15) is 4.31 Å². The Morgan fingerprint density at radius 3 is 2.68 bits per heavy atom. The van der Waals surface area contributed by atoms with E-state index < -0.39 is 10.0 Å². The van der Waals surface area contributed by atoms with Crippen LogP contribution in [0.25, 0.3) is 0 Å². The average Bonchev–Trinajstić information content (AvgIpc) is 2.38. The molecule has 1 rings (SSSR count). The fourth-order valence-electron chi connectivity index (χ4n) is 1.74. The second kappa shape index (κ2) is 6.81. The maximum absolute atomic E-state index is 12.4. The van der Waals surface area contributed by atoms with E-state index in [0.717, 1.165) is 11.1 Å². The van der Waals surface area contributed by atoms with Crippen molar-refractivity contribution < 1.29 is 13.5 Å². The molecule has 1 aromatic rings. The van der Waals surface area contributed by atoms with E-state index >= 15 is 0 Å². The van der Waals surface area contributed by atoms with Crippen LogP contribution in [0, 0.1) is 6.92 Å². The number of nitrogens with zero attached hydrogens (tertiary/aromatic N) is 1. The molecule has 0 fully saturated rings. The molecule has 0 spiro atoms. The topological polar surface area (TPSA) is 83.6 Å². The Kier molecular flexibility index (Phi) is 5.68.